The standard InChI is InChI=1S/C13H13N5O2/c1-19-11-6-9(7-14)2-3-10(11)20-13-12-17-16-8-18(12)5-4-15-13/h2-6,8H,7,14H2,1H3. The molecule has 1 aromatic carbocycles. The average molecular weight is 271 g/mol. The van der Waals surface area contributed by atoms with E-state index in [-0.39, 0.29) is 0 Å². The van der Waals surface area contributed by atoms with E-state index in [0.717, 1.165) is 5.56 Å². The Balaban J connectivity index is 2.00. The van der Waals surface area contributed by atoms with Crippen molar-refractivity contribution in [2.75, 3.05) is 7.11 Å². The fourth-order valence-corrected chi connectivity index (χ4v) is 1.83. The highest BCUT2D eigenvalue weighted by atomic mass is 16.5. The second kappa shape index (κ2) is 5.14. The van der Waals surface area contributed by atoms with Crippen molar-refractivity contribution >= 4 is 5.65 Å². The van der Waals surface area contributed by atoms with Gasteiger partial charge < -0.3 is 15.2 Å². The first-order chi connectivity index (χ1) is 9.81. The van der Waals surface area contributed by atoms with Gasteiger partial charge in [0.1, 0.15) is 6.33 Å². The van der Waals surface area contributed by atoms with Gasteiger partial charge in [0.05, 0.1) is 7.11 Å². The first-order valence-electron chi connectivity index (χ1n) is 6.01. The minimum Gasteiger partial charge on any atom is -0.493 e. The van der Waals surface area contributed by atoms with Gasteiger partial charge >= 0.3 is 0 Å². The molecule has 0 aliphatic heterocycles. The molecule has 0 spiro atoms. The maximum atomic E-state index is 5.77. The molecule has 2 heterocycles. The van der Waals surface area contributed by atoms with Crippen LogP contribution in [0.2, 0.25) is 0 Å². The smallest absolute Gasteiger partial charge is 0.265 e. The van der Waals surface area contributed by atoms with Crippen LogP contribution in [0.4, 0.5) is 0 Å². The molecule has 0 unspecified atom stereocenters. The van der Waals surface area contributed by atoms with Crippen molar-refractivity contribution in [3.05, 3.63) is 42.5 Å². The molecule has 0 atom stereocenters. The summed E-state index contributed by atoms with van der Waals surface area (Å²) in [4.78, 5) is 4.17. The fourth-order valence-electron chi connectivity index (χ4n) is 1.83. The second-order valence-corrected chi connectivity index (χ2v) is 4.09. The lowest BCUT2D eigenvalue weighted by atomic mass is 10.2. The summed E-state index contributed by atoms with van der Waals surface area (Å²) in [7, 11) is 1.58. The molecule has 0 amide bonds. The Morgan fingerprint density at radius 1 is 1.30 bits per heavy atom. The molecular weight excluding hydrogens is 258 g/mol. The average Bonchev–Trinajstić information content (AvgIpc) is 2.97. The maximum absolute atomic E-state index is 5.77. The Morgan fingerprint density at radius 3 is 3.00 bits per heavy atom. The van der Waals surface area contributed by atoms with Crippen molar-refractivity contribution in [2.24, 2.45) is 5.73 Å². The highest BCUT2D eigenvalue weighted by Gasteiger charge is 2.11. The molecule has 0 aliphatic carbocycles. The number of aromatic nitrogens is 4. The third kappa shape index (κ3) is 2.14. The summed E-state index contributed by atoms with van der Waals surface area (Å²) < 4.78 is 12.8. The molecule has 7 nitrogen and oxygen atoms in total. The van der Waals surface area contributed by atoms with Crippen molar-refractivity contribution in [2.45, 2.75) is 6.54 Å². The monoisotopic (exact) mass is 271 g/mol. The summed E-state index contributed by atoms with van der Waals surface area (Å²) >= 11 is 0. The molecule has 3 aromatic rings. The van der Waals surface area contributed by atoms with Gasteiger partial charge in [-0.15, -0.1) is 10.2 Å². The largest absolute Gasteiger partial charge is 0.493 e. The van der Waals surface area contributed by atoms with Crippen molar-refractivity contribution in [1.29, 1.82) is 0 Å². The van der Waals surface area contributed by atoms with E-state index in [1.54, 1.807) is 36.3 Å². The number of rotatable bonds is 4. The summed E-state index contributed by atoms with van der Waals surface area (Å²) in [5.41, 5.74) is 7.11. The molecule has 102 valence electrons. The van der Waals surface area contributed by atoms with E-state index in [1.807, 2.05) is 12.1 Å². The first-order valence-corrected chi connectivity index (χ1v) is 6.01. The molecule has 2 N–H and O–H groups in total. The van der Waals surface area contributed by atoms with Gasteiger partial charge in [-0.2, -0.15) is 0 Å². The Labute approximate surface area is 115 Å². The minimum absolute atomic E-state index is 0.365. The van der Waals surface area contributed by atoms with E-state index in [4.69, 9.17) is 15.2 Å². The number of benzene rings is 1. The number of methoxy groups -OCH3 is 1. The zero-order chi connectivity index (χ0) is 13.9. The topological polar surface area (TPSA) is 87.6 Å². The van der Waals surface area contributed by atoms with E-state index in [1.165, 1.54) is 0 Å². The molecule has 7 heteroatoms. The van der Waals surface area contributed by atoms with Gasteiger partial charge in [0, 0.05) is 18.9 Å². The van der Waals surface area contributed by atoms with Crippen LogP contribution in [0.3, 0.4) is 0 Å². The zero-order valence-electron chi connectivity index (χ0n) is 10.9. The second-order valence-electron chi connectivity index (χ2n) is 4.09. The van der Waals surface area contributed by atoms with E-state index in [0.29, 0.717) is 29.6 Å². The van der Waals surface area contributed by atoms with E-state index < -0.39 is 0 Å². The molecule has 20 heavy (non-hydrogen) atoms. The Hall–Kier alpha value is -2.67. The Morgan fingerprint density at radius 2 is 2.20 bits per heavy atom. The van der Waals surface area contributed by atoms with Crippen LogP contribution in [0.25, 0.3) is 5.65 Å². The van der Waals surface area contributed by atoms with Gasteiger partial charge in [-0.1, -0.05) is 6.07 Å². The molecule has 0 saturated carbocycles. The third-order valence-electron chi connectivity index (χ3n) is 2.85. The van der Waals surface area contributed by atoms with Gasteiger partial charge in [0.15, 0.2) is 11.5 Å². The number of hydrogen-bond donors (Lipinski definition) is 1. The SMILES string of the molecule is COc1cc(CN)ccc1Oc1nccn2cnnc12. The molecule has 0 fully saturated rings. The number of nitrogens with two attached hydrogens (primary N) is 1. The predicted octanol–water partition coefficient (Wildman–Crippen LogP) is 1.38. The summed E-state index contributed by atoms with van der Waals surface area (Å²) in [6.45, 7) is 0.439. The van der Waals surface area contributed by atoms with Crippen molar-refractivity contribution in [1.82, 2.24) is 19.6 Å². The lowest BCUT2D eigenvalue weighted by molar-refractivity contribution is 0.374. The van der Waals surface area contributed by atoms with Crippen LogP contribution in [-0.2, 0) is 6.54 Å². The van der Waals surface area contributed by atoms with Gasteiger partial charge in [0.25, 0.3) is 5.88 Å². The number of hydrogen-bond acceptors (Lipinski definition) is 6. The lowest BCUT2D eigenvalue weighted by Crippen LogP contribution is -1.99. The fraction of sp³-hybridized carbons (Fsp3) is 0.154. The van der Waals surface area contributed by atoms with Crippen LogP contribution >= 0.6 is 0 Å². The van der Waals surface area contributed by atoms with Crippen molar-refractivity contribution in [3.8, 4) is 17.4 Å². The van der Waals surface area contributed by atoms with Crippen molar-refractivity contribution < 1.29 is 9.47 Å². The zero-order valence-corrected chi connectivity index (χ0v) is 10.9. The van der Waals surface area contributed by atoms with E-state index in [9.17, 15) is 0 Å². The van der Waals surface area contributed by atoms with Crippen LogP contribution in [0.1, 0.15) is 5.56 Å². The third-order valence-corrected chi connectivity index (χ3v) is 2.85. The lowest BCUT2D eigenvalue weighted by Gasteiger charge is -2.10. The molecular formula is C13H13N5O2. The van der Waals surface area contributed by atoms with Crippen molar-refractivity contribution in [3.63, 3.8) is 0 Å². The molecule has 0 radical (unpaired) electrons. The molecule has 2 aromatic heterocycles. The first kappa shape index (κ1) is 12.4. The minimum atomic E-state index is 0.365. The number of fused-ring (bicyclic) bond motifs is 1. The van der Waals surface area contributed by atoms with E-state index in [2.05, 4.69) is 15.2 Å². The highest BCUT2D eigenvalue weighted by Crippen LogP contribution is 2.32. The summed E-state index contributed by atoms with van der Waals surface area (Å²) in [5.74, 6) is 1.51. The molecule has 0 aliphatic rings. The normalized spacial score (nSPS) is 10.7. The van der Waals surface area contributed by atoms with Gasteiger partial charge in [-0.25, -0.2) is 4.98 Å². The number of nitrogens with zero attached hydrogens (tertiary/aromatic N) is 4. The Bertz CT molecular complexity index is 740. The summed E-state index contributed by atoms with van der Waals surface area (Å²) in [6, 6.07) is 5.50. The summed E-state index contributed by atoms with van der Waals surface area (Å²) in [6.07, 6.45) is 4.95. The van der Waals surface area contributed by atoms with Gasteiger partial charge in [-0.3, -0.25) is 4.40 Å². The van der Waals surface area contributed by atoms with E-state index >= 15 is 0 Å². The predicted molar refractivity (Wildman–Crippen MR) is 71.7 cm³/mol. The highest BCUT2D eigenvalue weighted by molar-refractivity contribution is 5.52. The molecule has 0 bridgehead atoms. The summed E-state index contributed by atoms with van der Waals surface area (Å²) in [5, 5.41) is 7.79. The maximum Gasteiger partial charge on any atom is 0.265 e. The quantitative estimate of drug-likeness (QED) is 0.771. The van der Waals surface area contributed by atoms with Crippen LogP contribution in [0.15, 0.2) is 36.9 Å². The van der Waals surface area contributed by atoms with Crippen LogP contribution < -0.4 is 15.2 Å². The molecule has 0 saturated heterocycles. The van der Waals surface area contributed by atoms with Crippen LogP contribution in [-0.4, -0.2) is 26.7 Å². The van der Waals surface area contributed by atoms with Crippen LogP contribution in [0, 0.1) is 0 Å². The number of ether oxygens (including phenoxy) is 2. The van der Waals surface area contributed by atoms with Gasteiger partial charge in [0.2, 0.25) is 5.65 Å². The van der Waals surface area contributed by atoms with Gasteiger partial charge in [-0.05, 0) is 17.7 Å². The Kier molecular flexibility index (Phi) is 3.18. The van der Waals surface area contributed by atoms with Crippen LogP contribution in [0.5, 0.6) is 17.4 Å². The molecule has 3 rings (SSSR count).